The van der Waals surface area contributed by atoms with Gasteiger partial charge < -0.3 is 9.53 Å². The summed E-state index contributed by atoms with van der Waals surface area (Å²) in [5, 5.41) is 0. The molecule has 0 aliphatic rings. The third-order valence-corrected chi connectivity index (χ3v) is 2.29. The molecule has 0 aliphatic carbocycles. The number of aldehydes is 1. The zero-order valence-electron chi connectivity index (χ0n) is 9.24. The molecule has 0 atom stereocenters. The SMILES string of the molecule is CCOc1ccccc1CCCCC=O. The molecule has 0 aromatic heterocycles. The van der Waals surface area contributed by atoms with Gasteiger partial charge in [-0.25, -0.2) is 0 Å². The molecule has 1 aromatic rings. The van der Waals surface area contributed by atoms with Crippen LogP contribution >= 0.6 is 0 Å². The number of hydrogen-bond acceptors (Lipinski definition) is 2. The Morgan fingerprint density at radius 2 is 2.07 bits per heavy atom. The van der Waals surface area contributed by atoms with Crippen molar-refractivity contribution >= 4 is 6.29 Å². The topological polar surface area (TPSA) is 26.3 Å². The molecule has 0 radical (unpaired) electrons. The van der Waals surface area contributed by atoms with Crippen LogP contribution in [0.5, 0.6) is 5.75 Å². The molecule has 1 aromatic carbocycles. The first-order chi connectivity index (χ1) is 7.38. The van der Waals surface area contributed by atoms with E-state index in [4.69, 9.17) is 4.74 Å². The second-order valence-corrected chi connectivity index (χ2v) is 3.45. The normalized spacial score (nSPS) is 9.93. The summed E-state index contributed by atoms with van der Waals surface area (Å²) in [6, 6.07) is 8.10. The summed E-state index contributed by atoms with van der Waals surface area (Å²) in [4.78, 5) is 10.2. The number of carbonyl (C=O) groups is 1. The molecule has 0 aliphatic heterocycles. The van der Waals surface area contributed by atoms with Gasteiger partial charge in [-0.05, 0) is 37.8 Å². The van der Waals surface area contributed by atoms with Gasteiger partial charge in [-0.15, -0.1) is 0 Å². The van der Waals surface area contributed by atoms with Crippen LogP contribution in [0.4, 0.5) is 0 Å². The molecule has 82 valence electrons. The summed E-state index contributed by atoms with van der Waals surface area (Å²) in [5.74, 6) is 0.978. The maximum absolute atomic E-state index is 10.2. The van der Waals surface area contributed by atoms with Crippen molar-refractivity contribution in [3.05, 3.63) is 29.8 Å². The van der Waals surface area contributed by atoms with Crippen LogP contribution in [0.15, 0.2) is 24.3 Å². The van der Waals surface area contributed by atoms with E-state index in [0.29, 0.717) is 13.0 Å². The fraction of sp³-hybridized carbons (Fsp3) is 0.462. The molecule has 0 saturated heterocycles. The molecular formula is C13H18O2. The quantitative estimate of drug-likeness (QED) is 0.506. The lowest BCUT2D eigenvalue weighted by Gasteiger charge is -2.09. The first kappa shape index (κ1) is 11.8. The summed E-state index contributed by atoms with van der Waals surface area (Å²) in [7, 11) is 0. The van der Waals surface area contributed by atoms with E-state index in [1.807, 2.05) is 25.1 Å². The van der Waals surface area contributed by atoms with Crippen molar-refractivity contribution in [1.82, 2.24) is 0 Å². The third-order valence-electron chi connectivity index (χ3n) is 2.29. The molecule has 0 N–H and O–H groups in total. The smallest absolute Gasteiger partial charge is 0.122 e. The van der Waals surface area contributed by atoms with Crippen LogP contribution in [-0.4, -0.2) is 12.9 Å². The minimum absolute atomic E-state index is 0.663. The molecule has 0 bridgehead atoms. The Bertz CT molecular complexity index is 294. The van der Waals surface area contributed by atoms with Crippen molar-refractivity contribution in [2.24, 2.45) is 0 Å². The Morgan fingerprint density at radius 1 is 1.27 bits per heavy atom. The van der Waals surface area contributed by atoms with E-state index >= 15 is 0 Å². The highest BCUT2D eigenvalue weighted by Gasteiger charge is 2.01. The Kier molecular flexibility index (Phi) is 5.52. The van der Waals surface area contributed by atoms with Gasteiger partial charge in [0.05, 0.1) is 6.61 Å². The van der Waals surface area contributed by atoms with Crippen LogP contribution in [-0.2, 0) is 11.2 Å². The highest BCUT2D eigenvalue weighted by Crippen LogP contribution is 2.20. The zero-order chi connectivity index (χ0) is 10.9. The van der Waals surface area contributed by atoms with Crippen molar-refractivity contribution in [3.8, 4) is 5.75 Å². The lowest BCUT2D eigenvalue weighted by Crippen LogP contribution is -1.96. The molecule has 0 heterocycles. The molecule has 15 heavy (non-hydrogen) atoms. The average molecular weight is 206 g/mol. The molecule has 0 fully saturated rings. The van der Waals surface area contributed by atoms with Gasteiger partial charge in [-0.3, -0.25) is 0 Å². The Hall–Kier alpha value is -1.31. The zero-order valence-corrected chi connectivity index (χ0v) is 9.24. The van der Waals surface area contributed by atoms with E-state index in [-0.39, 0.29) is 0 Å². The largest absolute Gasteiger partial charge is 0.494 e. The summed E-state index contributed by atoms with van der Waals surface area (Å²) >= 11 is 0. The van der Waals surface area contributed by atoms with Gasteiger partial charge in [-0.2, -0.15) is 0 Å². The summed E-state index contributed by atoms with van der Waals surface area (Å²) < 4.78 is 5.52. The third kappa shape index (κ3) is 4.15. The molecule has 0 saturated carbocycles. The molecule has 0 spiro atoms. The minimum Gasteiger partial charge on any atom is -0.494 e. The molecule has 1 rings (SSSR count). The number of benzene rings is 1. The van der Waals surface area contributed by atoms with Crippen molar-refractivity contribution in [3.63, 3.8) is 0 Å². The maximum atomic E-state index is 10.2. The van der Waals surface area contributed by atoms with Crippen LogP contribution in [0.25, 0.3) is 0 Å². The number of hydrogen-bond donors (Lipinski definition) is 0. The standard InChI is InChI=1S/C13H18O2/c1-2-15-13-10-6-5-9-12(13)8-4-3-7-11-14/h5-6,9-11H,2-4,7-8H2,1H3. The number of unbranched alkanes of at least 4 members (excludes halogenated alkanes) is 2. The second kappa shape index (κ2) is 7.04. The van der Waals surface area contributed by atoms with E-state index in [2.05, 4.69) is 6.07 Å². The van der Waals surface area contributed by atoms with Gasteiger partial charge in [0.25, 0.3) is 0 Å². The number of para-hydroxylation sites is 1. The van der Waals surface area contributed by atoms with Crippen LogP contribution in [0.3, 0.4) is 0 Å². The highest BCUT2D eigenvalue weighted by molar-refractivity contribution is 5.49. The average Bonchev–Trinajstić information content (AvgIpc) is 2.27. The Morgan fingerprint density at radius 3 is 2.80 bits per heavy atom. The highest BCUT2D eigenvalue weighted by atomic mass is 16.5. The van der Waals surface area contributed by atoms with Crippen LogP contribution in [0.1, 0.15) is 31.7 Å². The van der Waals surface area contributed by atoms with E-state index in [1.54, 1.807) is 0 Å². The van der Waals surface area contributed by atoms with Gasteiger partial charge in [0.2, 0.25) is 0 Å². The van der Waals surface area contributed by atoms with Crippen molar-refractivity contribution in [2.45, 2.75) is 32.6 Å². The fourth-order valence-corrected chi connectivity index (χ4v) is 1.55. The van der Waals surface area contributed by atoms with Gasteiger partial charge >= 0.3 is 0 Å². The van der Waals surface area contributed by atoms with Gasteiger partial charge in [0, 0.05) is 6.42 Å². The van der Waals surface area contributed by atoms with Crippen molar-refractivity contribution in [2.75, 3.05) is 6.61 Å². The van der Waals surface area contributed by atoms with E-state index in [1.165, 1.54) is 5.56 Å². The maximum Gasteiger partial charge on any atom is 0.122 e. The minimum atomic E-state index is 0.663. The molecule has 2 nitrogen and oxygen atoms in total. The number of ether oxygens (including phenoxy) is 1. The van der Waals surface area contributed by atoms with Gasteiger partial charge in [0.15, 0.2) is 0 Å². The fourth-order valence-electron chi connectivity index (χ4n) is 1.55. The van der Waals surface area contributed by atoms with E-state index in [0.717, 1.165) is 31.3 Å². The first-order valence-corrected chi connectivity index (χ1v) is 5.52. The van der Waals surface area contributed by atoms with Gasteiger partial charge in [-0.1, -0.05) is 18.2 Å². The Balaban J connectivity index is 2.47. The first-order valence-electron chi connectivity index (χ1n) is 5.52. The second-order valence-electron chi connectivity index (χ2n) is 3.45. The molecule has 0 amide bonds. The predicted octanol–water partition coefficient (Wildman–Crippen LogP) is 3.00. The van der Waals surface area contributed by atoms with Crippen LogP contribution in [0.2, 0.25) is 0 Å². The number of carbonyl (C=O) groups excluding carboxylic acids is 1. The van der Waals surface area contributed by atoms with E-state index in [9.17, 15) is 4.79 Å². The lowest BCUT2D eigenvalue weighted by molar-refractivity contribution is -0.107. The predicted molar refractivity (Wildman–Crippen MR) is 61.2 cm³/mol. The summed E-state index contributed by atoms with van der Waals surface area (Å²) in [5.41, 5.74) is 1.24. The lowest BCUT2D eigenvalue weighted by atomic mass is 10.1. The molecule has 2 heteroatoms. The van der Waals surface area contributed by atoms with Crippen molar-refractivity contribution in [1.29, 1.82) is 0 Å². The number of rotatable bonds is 7. The van der Waals surface area contributed by atoms with Gasteiger partial charge in [0.1, 0.15) is 12.0 Å². The van der Waals surface area contributed by atoms with Crippen molar-refractivity contribution < 1.29 is 9.53 Å². The molecular weight excluding hydrogens is 188 g/mol. The monoisotopic (exact) mass is 206 g/mol. The van der Waals surface area contributed by atoms with Crippen LogP contribution < -0.4 is 4.74 Å². The van der Waals surface area contributed by atoms with E-state index < -0.39 is 0 Å². The Labute approximate surface area is 91.3 Å². The van der Waals surface area contributed by atoms with Crippen LogP contribution in [0, 0.1) is 0 Å². The summed E-state index contributed by atoms with van der Waals surface area (Å²) in [6.45, 7) is 2.69. The summed E-state index contributed by atoms with van der Waals surface area (Å²) in [6.07, 6.45) is 4.64. The molecule has 0 unspecified atom stereocenters. The number of aryl methyl sites for hydroxylation is 1.